The Bertz CT molecular complexity index is 516. The molecule has 0 aliphatic carbocycles. The van der Waals surface area contributed by atoms with E-state index in [1.165, 1.54) is 5.56 Å². The van der Waals surface area contributed by atoms with E-state index in [1.54, 1.807) is 0 Å². The van der Waals surface area contributed by atoms with Gasteiger partial charge in [0.25, 0.3) is 0 Å². The lowest BCUT2D eigenvalue weighted by Crippen LogP contribution is -2.44. The van der Waals surface area contributed by atoms with E-state index in [0.717, 1.165) is 12.8 Å². The van der Waals surface area contributed by atoms with Gasteiger partial charge in [-0.05, 0) is 38.2 Å². The SMILES string of the molecule is CCOC(=O)[C@H](C)[C@@H]1OC([C@H](C)COCc2ccccc2)CC[C@H]1C. The largest absolute Gasteiger partial charge is 0.466 e. The van der Waals surface area contributed by atoms with Crippen molar-refractivity contribution in [2.75, 3.05) is 13.2 Å². The summed E-state index contributed by atoms with van der Waals surface area (Å²) < 4.78 is 17.4. The van der Waals surface area contributed by atoms with Crippen LogP contribution in [0.1, 0.15) is 46.1 Å². The lowest BCUT2D eigenvalue weighted by molar-refractivity contribution is -0.167. The standard InChI is InChI=1S/C21H32O4/c1-5-24-21(22)17(4)20-15(2)11-12-19(25-20)16(3)13-23-14-18-9-7-6-8-10-18/h6-10,15-17,19-20H,5,11-14H2,1-4H3/t15-,16-,17-,19?,20-/m1/s1. The number of benzene rings is 1. The molecule has 0 bridgehead atoms. The van der Waals surface area contributed by atoms with Crippen molar-refractivity contribution in [3.63, 3.8) is 0 Å². The van der Waals surface area contributed by atoms with Gasteiger partial charge in [-0.25, -0.2) is 0 Å². The van der Waals surface area contributed by atoms with Crippen molar-refractivity contribution >= 4 is 5.97 Å². The van der Waals surface area contributed by atoms with E-state index in [4.69, 9.17) is 14.2 Å². The molecule has 0 aromatic heterocycles. The number of carbonyl (C=O) groups excluding carboxylic acids is 1. The second-order valence-corrected chi connectivity index (χ2v) is 7.21. The van der Waals surface area contributed by atoms with Crippen LogP contribution in [0.5, 0.6) is 0 Å². The number of esters is 1. The normalized spacial score (nSPS) is 26.0. The Morgan fingerprint density at radius 1 is 1.24 bits per heavy atom. The predicted octanol–water partition coefficient (Wildman–Crippen LogP) is 4.22. The Morgan fingerprint density at radius 2 is 1.96 bits per heavy atom. The van der Waals surface area contributed by atoms with Crippen LogP contribution >= 0.6 is 0 Å². The number of hydrogen-bond donors (Lipinski definition) is 0. The van der Waals surface area contributed by atoms with Gasteiger partial charge in [-0.1, -0.05) is 44.2 Å². The molecule has 1 unspecified atom stereocenters. The minimum Gasteiger partial charge on any atom is -0.466 e. The highest BCUT2D eigenvalue weighted by molar-refractivity contribution is 5.72. The van der Waals surface area contributed by atoms with E-state index in [0.29, 0.717) is 31.7 Å². The highest BCUT2D eigenvalue weighted by Gasteiger charge is 2.37. The van der Waals surface area contributed by atoms with E-state index in [9.17, 15) is 4.79 Å². The molecule has 4 heteroatoms. The van der Waals surface area contributed by atoms with E-state index in [-0.39, 0.29) is 24.1 Å². The quantitative estimate of drug-likeness (QED) is 0.660. The van der Waals surface area contributed by atoms with Crippen molar-refractivity contribution < 1.29 is 19.0 Å². The zero-order valence-corrected chi connectivity index (χ0v) is 15.9. The average Bonchev–Trinajstić information content (AvgIpc) is 2.62. The summed E-state index contributed by atoms with van der Waals surface area (Å²) in [5, 5.41) is 0. The Morgan fingerprint density at radius 3 is 2.64 bits per heavy atom. The predicted molar refractivity (Wildman–Crippen MR) is 98.1 cm³/mol. The van der Waals surface area contributed by atoms with Crippen LogP contribution in [-0.4, -0.2) is 31.4 Å². The molecular formula is C21H32O4. The van der Waals surface area contributed by atoms with Gasteiger partial charge in [-0.2, -0.15) is 0 Å². The van der Waals surface area contributed by atoms with E-state index >= 15 is 0 Å². The molecule has 1 fully saturated rings. The van der Waals surface area contributed by atoms with Crippen LogP contribution in [0.3, 0.4) is 0 Å². The minimum atomic E-state index is -0.227. The fourth-order valence-electron chi connectivity index (χ4n) is 3.48. The van der Waals surface area contributed by atoms with Gasteiger partial charge >= 0.3 is 5.97 Å². The number of ether oxygens (including phenoxy) is 3. The molecule has 5 atom stereocenters. The Labute approximate surface area is 151 Å². The first-order valence-corrected chi connectivity index (χ1v) is 9.46. The summed E-state index contributed by atoms with van der Waals surface area (Å²) in [6.45, 7) is 9.77. The first kappa shape index (κ1) is 19.9. The minimum absolute atomic E-state index is 0.0747. The van der Waals surface area contributed by atoms with Crippen LogP contribution < -0.4 is 0 Å². The lowest BCUT2D eigenvalue weighted by atomic mass is 9.84. The van der Waals surface area contributed by atoms with Crippen molar-refractivity contribution in [3.05, 3.63) is 35.9 Å². The fourth-order valence-corrected chi connectivity index (χ4v) is 3.48. The van der Waals surface area contributed by atoms with E-state index < -0.39 is 0 Å². The molecule has 140 valence electrons. The van der Waals surface area contributed by atoms with E-state index in [1.807, 2.05) is 32.0 Å². The zero-order chi connectivity index (χ0) is 18.2. The maximum atomic E-state index is 12.1. The highest BCUT2D eigenvalue weighted by Crippen LogP contribution is 2.33. The molecule has 4 nitrogen and oxygen atoms in total. The van der Waals surface area contributed by atoms with Crippen molar-refractivity contribution in [1.29, 1.82) is 0 Å². The third-order valence-corrected chi connectivity index (χ3v) is 5.08. The summed E-state index contributed by atoms with van der Waals surface area (Å²) in [6, 6.07) is 10.2. The van der Waals surface area contributed by atoms with Gasteiger partial charge in [0.15, 0.2) is 0 Å². The molecule has 1 aliphatic heterocycles. The Kier molecular flexibility index (Phi) is 7.91. The second-order valence-electron chi connectivity index (χ2n) is 7.21. The molecule has 0 saturated carbocycles. The molecule has 1 saturated heterocycles. The fraction of sp³-hybridized carbons (Fsp3) is 0.667. The molecule has 1 aromatic rings. The first-order valence-electron chi connectivity index (χ1n) is 9.46. The molecule has 0 amide bonds. The molecule has 0 N–H and O–H groups in total. The molecule has 25 heavy (non-hydrogen) atoms. The molecule has 0 radical (unpaired) electrons. The van der Waals surface area contributed by atoms with Gasteiger partial charge in [0.05, 0.1) is 37.9 Å². The summed E-state index contributed by atoms with van der Waals surface area (Å²) in [7, 11) is 0. The molecule has 0 spiro atoms. The Balaban J connectivity index is 1.83. The van der Waals surface area contributed by atoms with Crippen LogP contribution in [0.4, 0.5) is 0 Å². The second kappa shape index (κ2) is 9.93. The van der Waals surface area contributed by atoms with Gasteiger partial charge in [-0.15, -0.1) is 0 Å². The third-order valence-electron chi connectivity index (χ3n) is 5.08. The topological polar surface area (TPSA) is 44.8 Å². The van der Waals surface area contributed by atoms with Crippen molar-refractivity contribution in [2.45, 2.75) is 59.4 Å². The Hall–Kier alpha value is -1.39. The molecule has 1 aliphatic rings. The highest BCUT2D eigenvalue weighted by atomic mass is 16.5. The molecule has 1 aromatic carbocycles. The van der Waals surface area contributed by atoms with Crippen LogP contribution in [0.15, 0.2) is 30.3 Å². The van der Waals surface area contributed by atoms with Crippen LogP contribution in [0.2, 0.25) is 0 Å². The summed E-state index contributed by atoms with van der Waals surface area (Å²) in [5.74, 6) is 0.282. The lowest BCUT2D eigenvalue weighted by Gasteiger charge is -2.39. The van der Waals surface area contributed by atoms with Crippen molar-refractivity contribution in [2.24, 2.45) is 17.8 Å². The average molecular weight is 348 g/mol. The van der Waals surface area contributed by atoms with Crippen molar-refractivity contribution in [3.8, 4) is 0 Å². The number of hydrogen-bond acceptors (Lipinski definition) is 4. The van der Waals surface area contributed by atoms with Gasteiger partial charge in [0.2, 0.25) is 0 Å². The van der Waals surface area contributed by atoms with Gasteiger partial charge in [0.1, 0.15) is 0 Å². The maximum Gasteiger partial charge on any atom is 0.311 e. The maximum absolute atomic E-state index is 12.1. The van der Waals surface area contributed by atoms with Gasteiger partial charge in [-0.3, -0.25) is 4.79 Å². The zero-order valence-electron chi connectivity index (χ0n) is 15.9. The summed E-state index contributed by atoms with van der Waals surface area (Å²) in [6.07, 6.45) is 2.15. The van der Waals surface area contributed by atoms with E-state index in [2.05, 4.69) is 26.0 Å². The molecular weight excluding hydrogens is 316 g/mol. The summed E-state index contributed by atoms with van der Waals surface area (Å²) in [4.78, 5) is 12.1. The first-order chi connectivity index (χ1) is 12.0. The third kappa shape index (κ3) is 5.82. The van der Waals surface area contributed by atoms with Gasteiger partial charge in [0, 0.05) is 5.92 Å². The van der Waals surface area contributed by atoms with Crippen LogP contribution in [0.25, 0.3) is 0 Å². The monoisotopic (exact) mass is 348 g/mol. The summed E-state index contributed by atoms with van der Waals surface area (Å²) in [5.41, 5.74) is 1.18. The molecule has 1 heterocycles. The van der Waals surface area contributed by atoms with Gasteiger partial charge < -0.3 is 14.2 Å². The van der Waals surface area contributed by atoms with Crippen LogP contribution in [0, 0.1) is 17.8 Å². The molecule has 2 rings (SSSR count). The number of carbonyl (C=O) groups is 1. The van der Waals surface area contributed by atoms with Crippen molar-refractivity contribution in [1.82, 2.24) is 0 Å². The van der Waals surface area contributed by atoms with Crippen LogP contribution in [-0.2, 0) is 25.6 Å². The smallest absolute Gasteiger partial charge is 0.311 e. The number of rotatable bonds is 8. The summed E-state index contributed by atoms with van der Waals surface area (Å²) >= 11 is 0.